The molecule has 1 aliphatic heterocycles. The highest BCUT2D eigenvalue weighted by Crippen LogP contribution is 2.19. The van der Waals surface area contributed by atoms with Crippen LogP contribution >= 0.6 is 11.5 Å². The van der Waals surface area contributed by atoms with Crippen molar-refractivity contribution in [2.24, 2.45) is 5.92 Å². The second-order valence-electron chi connectivity index (χ2n) is 5.54. The summed E-state index contributed by atoms with van der Waals surface area (Å²) in [4.78, 5) is 2.52. The molecule has 0 spiro atoms. The Morgan fingerprint density at radius 1 is 1.30 bits per heavy atom. The van der Waals surface area contributed by atoms with Crippen molar-refractivity contribution in [2.75, 3.05) is 13.1 Å². The van der Waals surface area contributed by atoms with Gasteiger partial charge in [0.15, 0.2) is 0 Å². The molecule has 0 radical (unpaired) electrons. The summed E-state index contributed by atoms with van der Waals surface area (Å²) in [7, 11) is 0. The molecule has 1 saturated heterocycles. The standard InChI is InChI=1S/C15H20N4S/c1-12-8-19(9-13-5-3-2-4-6-13)10-15(12)16-7-14-11-20-18-17-14/h2-6,11-12,15-16H,7-10H2,1H3/t12-,15-/m1/s1. The van der Waals surface area contributed by atoms with Gasteiger partial charge in [-0.1, -0.05) is 41.7 Å². The quantitative estimate of drug-likeness (QED) is 0.915. The van der Waals surface area contributed by atoms with E-state index >= 15 is 0 Å². The minimum atomic E-state index is 0.542. The van der Waals surface area contributed by atoms with Crippen molar-refractivity contribution in [1.29, 1.82) is 0 Å². The van der Waals surface area contributed by atoms with Gasteiger partial charge in [0.05, 0.1) is 5.69 Å². The van der Waals surface area contributed by atoms with Crippen molar-refractivity contribution >= 4 is 11.5 Å². The molecule has 2 aromatic rings. The molecule has 2 heterocycles. The second kappa shape index (κ2) is 6.43. The van der Waals surface area contributed by atoms with Gasteiger partial charge in [-0.2, -0.15) is 0 Å². The summed E-state index contributed by atoms with van der Waals surface area (Å²) in [6.45, 7) is 6.45. The van der Waals surface area contributed by atoms with Gasteiger partial charge in [-0.25, -0.2) is 0 Å². The molecule has 5 heteroatoms. The maximum atomic E-state index is 4.08. The number of nitrogens with one attached hydrogen (secondary N) is 1. The van der Waals surface area contributed by atoms with Crippen LogP contribution in [0, 0.1) is 5.92 Å². The van der Waals surface area contributed by atoms with Gasteiger partial charge < -0.3 is 5.32 Å². The topological polar surface area (TPSA) is 41.0 Å². The van der Waals surface area contributed by atoms with Crippen LogP contribution in [0.25, 0.3) is 0 Å². The van der Waals surface area contributed by atoms with Crippen molar-refractivity contribution in [3.63, 3.8) is 0 Å². The Hall–Kier alpha value is -1.30. The zero-order chi connectivity index (χ0) is 13.8. The molecule has 4 nitrogen and oxygen atoms in total. The monoisotopic (exact) mass is 288 g/mol. The van der Waals surface area contributed by atoms with Crippen molar-refractivity contribution < 1.29 is 0 Å². The van der Waals surface area contributed by atoms with Crippen LogP contribution in [0.2, 0.25) is 0 Å². The van der Waals surface area contributed by atoms with Gasteiger partial charge in [-0.15, -0.1) is 5.10 Å². The van der Waals surface area contributed by atoms with Crippen molar-refractivity contribution in [3.05, 3.63) is 47.0 Å². The first-order valence-electron chi connectivity index (χ1n) is 7.07. The third kappa shape index (κ3) is 3.42. The van der Waals surface area contributed by atoms with Crippen LogP contribution in [0.3, 0.4) is 0 Å². The lowest BCUT2D eigenvalue weighted by Crippen LogP contribution is -2.35. The molecule has 3 rings (SSSR count). The molecular formula is C15H20N4S. The highest BCUT2D eigenvalue weighted by Gasteiger charge is 2.29. The minimum absolute atomic E-state index is 0.542. The van der Waals surface area contributed by atoms with E-state index in [1.54, 1.807) is 0 Å². The van der Waals surface area contributed by atoms with E-state index in [-0.39, 0.29) is 0 Å². The molecule has 0 amide bonds. The number of hydrogen-bond donors (Lipinski definition) is 1. The number of nitrogens with zero attached hydrogens (tertiary/aromatic N) is 3. The van der Waals surface area contributed by atoms with Crippen LogP contribution < -0.4 is 5.32 Å². The van der Waals surface area contributed by atoms with E-state index in [1.165, 1.54) is 17.1 Å². The van der Waals surface area contributed by atoms with Gasteiger partial charge in [-0.05, 0) is 23.0 Å². The summed E-state index contributed by atoms with van der Waals surface area (Å²) in [5.41, 5.74) is 2.44. The van der Waals surface area contributed by atoms with E-state index in [4.69, 9.17) is 0 Å². The summed E-state index contributed by atoms with van der Waals surface area (Å²) >= 11 is 1.41. The Morgan fingerprint density at radius 3 is 2.90 bits per heavy atom. The molecule has 0 aliphatic carbocycles. The maximum Gasteiger partial charge on any atom is 0.0893 e. The van der Waals surface area contributed by atoms with Gasteiger partial charge in [0.2, 0.25) is 0 Å². The summed E-state index contributed by atoms with van der Waals surface area (Å²) in [6, 6.07) is 11.2. The fraction of sp³-hybridized carbons (Fsp3) is 0.467. The molecule has 1 aromatic heterocycles. The molecule has 1 N–H and O–H groups in total. The van der Waals surface area contributed by atoms with Gasteiger partial charge in [-0.3, -0.25) is 4.90 Å². The summed E-state index contributed by atoms with van der Waals surface area (Å²) in [6.07, 6.45) is 0. The lowest BCUT2D eigenvalue weighted by Gasteiger charge is -2.16. The number of aromatic nitrogens is 2. The smallest absolute Gasteiger partial charge is 0.0893 e. The van der Waals surface area contributed by atoms with Crippen LogP contribution in [-0.4, -0.2) is 33.6 Å². The highest BCUT2D eigenvalue weighted by molar-refractivity contribution is 7.03. The van der Waals surface area contributed by atoms with Crippen molar-refractivity contribution in [2.45, 2.75) is 26.1 Å². The number of benzene rings is 1. The highest BCUT2D eigenvalue weighted by atomic mass is 32.1. The molecule has 0 unspecified atom stereocenters. The lowest BCUT2D eigenvalue weighted by molar-refractivity contribution is 0.316. The van der Waals surface area contributed by atoms with Crippen molar-refractivity contribution in [1.82, 2.24) is 19.8 Å². The Kier molecular flexibility index (Phi) is 4.40. The lowest BCUT2D eigenvalue weighted by atomic mass is 10.1. The Morgan fingerprint density at radius 2 is 2.15 bits per heavy atom. The third-order valence-electron chi connectivity index (χ3n) is 3.89. The van der Waals surface area contributed by atoms with Gasteiger partial charge in [0, 0.05) is 37.6 Å². The molecule has 0 bridgehead atoms. The van der Waals surface area contributed by atoms with Crippen LogP contribution in [0.5, 0.6) is 0 Å². The molecule has 20 heavy (non-hydrogen) atoms. The van der Waals surface area contributed by atoms with Crippen LogP contribution in [0.1, 0.15) is 18.2 Å². The summed E-state index contributed by atoms with van der Waals surface area (Å²) in [5.74, 6) is 0.672. The average molecular weight is 288 g/mol. The van der Waals surface area contributed by atoms with Gasteiger partial charge in [0.25, 0.3) is 0 Å². The first-order valence-corrected chi connectivity index (χ1v) is 7.90. The Bertz CT molecular complexity index is 514. The molecule has 1 aromatic carbocycles. The predicted molar refractivity (Wildman–Crippen MR) is 81.4 cm³/mol. The second-order valence-corrected chi connectivity index (χ2v) is 6.15. The van der Waals surface area contributed by atoms with E-state index in [0.717, 1.165) is 31.9 Å². The minimum Gasteiger partial charge on any atom is -0.307 e. The van der Waals surface area contributed by atoms with Gasteiger partial charge >= 0.3 is 0 Å². The Labute approximate surface area is 124 Å². The SMILES string of the molecule is C[C@@H]1CN(Cc2ccccc2)C[C@H]1NCc1csnn1. The largest absolute Gasteiger partial charge is 0.307 e. The first kappa shape index (κ1) is 13.7. The fourth-order valence-corrected chi connectivity index (χ4v) is 3.25. The zero-order valence-electron chi connectivity index (χ0n) is 11.7. The summed E-state index contributed by atoms with van der Waals surface area (Å²) in [5, 5.41) is 9.70. The molecule has 1 aliphatic rings. The fourth-order valence-electron chi connectivity index (χ4n) is 2.80. The zero-order valence-corrected chi connectivity index (χ0v) is 12.5. The van der Waals surface area contributed by atoms with E-state index in [1.807, 2.05) is 5.38 Å². The number of rotatable bonds is 5. The molecular weight excluding hydrogens is 268 g/mol. The van der Waals surface area contributed by atoms with E-state index < -0.39 is 0 Å². The first-order chi connectivity index (χ1) is 9.81. The Balaban J connectivity index is 1.51. The maximum absolute atomic E-state index is 4.08. The average Bonchev–Trinajstić information content (AvgIpc) is 3.08. The number of hydrogen-bond acceptors (Lipinski definition) is 5. The van der Waals surface area contributed by atoms with E-state index in [9.17, 15) is 0 Å². The summed E-state index contributed by atoms with van der Waals surface area (Å²) < 4.78 is 3.90. The van der Waals surface area contributed by atoms with E-state index in [0.29, 0.717) is 12.0 Å². The molecule has 2 atom stereocenters. The van der Waals surface area contributed by atoms with Crippen LogP contribution in [0.4, 0.5) is 0 Å². The third-order valence-corrected chi connectivity index (χ3v) is 4.44. The van der Waals surface area contributed by atoms with Crippen LogP contribution in [-0.2, 0) is 13.1 Å². The van der Waals surface area contributed by atoms with Crippen molar-refractivity contribution in [3.8, 4) is 0 Å². The molecule has 1 fully saturated rings. The van der Waals surface area contributed by atoms with E-state index in [2.05, 4.69) is 57.1 Å². The normalized spacial score (nSPS) is 23.2. The number of likely N-dealkylation sites (tertiary alicyclic amines) is 1. The predicted octanol–water partition coefficient (Wildman–Crippen LogP) is 2.15. The molecule has 106 valence electrons. The molecule has 0 saturated carbocycles. The van der Waals surface area contributed by atoms with Crippen LogP contribution in [0.15, 0.2) is 35.7 Å². The van der Waals surface area contributed by atoms with Gasteiger partial charge in [0.1, 0.15) is 0 Å².